The molecule has 10 heteroatoms. The minimum absolute atomic E-state index is 0.0562. The van der Waals surface area contributed by atoms with Crippen molar-refractivity contribution in [2.45, 2.75) is 101 Å². The number of hydrogen-bond acceptors (Lipinski definition) is 7. The topological polar surface area (TPSA) is 123 Å². The van der Waals surface area contributed by atoms with Crippen molar-refractivity contribution in [3.63, 3.8) is 0 Å². The number of hydrogen-bond donors (Lipinski definition) is 1. The van der Waals surface area contributed by atoms with Gasteiger partial charge in [0.05, 0.1) is 22.7 Å². The van der Waals surface area contributed by atoms with Gasteiger partial charge in [0.15, 0.2) is 5.78 Å². The fourth-order valence-electron chi connectivity index (χ4n) is 7.83. The van der Waals surface area contributed by atoms with E-state index in [4.69, 9.17) is 4.74 Å². The summed E-state index contributed by atoms with van der Waals surface area (Å²) in [4.78, 5) is 49.1. The Labute approximate surface area is 294 Å². The number of aromatic nitrogens is 1. The van der Waals surface area contributed by atoms with Gasteiger partial charge in [-0.2, -0.15) is 0 Å². The Morgan fingerprint density at radius 1 is 1.02 bits per heavy atom. The Hall–Kier alpha value is -4.05. The van der Waals surface area contributed by atoms with Crippen LogP contribution in [0.5, 0.6) is 5.88 Å². The van der Waals surface area contributed by atoms with E-state index in [2.05, 4.69) is 27.9 Å². The standard InChI is InChI=1S/C40H47N3O6S/c1-39(21-22-39)50(47,48)42-38(46)40-25-31(40)16-9-4-2-3-8-15-30(19-18-28-12-6-5-7-13-28)37(45)43-27-32(24-34(43)35(44)26-40)49-36-33-17-11-10-14-29(33)20-23-41-36/h5-7,9-14,16-17,20,23,30-32,34H,2-4,8,15,18-19,21-22,24-27H2,1H3,(H,42,46)/b16-9-/t30-,31+,32-,34+,40-/m1/s1. The van der Waals surface area contributed by atoms with Crippen molar-refractivity contribution in [2.75, 3.05) is 6.54 Å². The Morgan fingerprint density at radius 2 is 1.80 bits per heavy atom. The zero-order valence-electron chi connectivity index (χ0n) is 28.8. The smallest absolute Gasteiger partial charge is 0.240 e. The van der Waals surface area contributed by atoms with Crippen molar-refractivity contribution in [3.05, 3.63) is 84.6 Å². The van der Waals surface area contributed by atoms with Crippen LogP contribution in [0.1, 0.15) is 83.1 Å². The molecule has 2 amide bonds. The summed E-state index contributed by atoms with van der Waals surface area (Å²) < 4.78 is 34.2. The summed E-state index contributed by atoms with van der Waals surface area (Å²) in [6.45, 7) is 1.88. The van der Waals surface area contributed by atoms with Crippen LogP contribution in [0.4, 0.5) is 0 Å². The number of nitrogens with one attached hydrogen (secondary N) is 1. The molecule has 1 saturated heterocycles. The number of pyridine rings is 1. The number of nitrogens with zero attached hydrogens (tertiary/aromatic N) is 2. The minimum atomic E-state index is -3.88. The molecule has 2 aliphatic heterocycles. The molecule has 0 spiro atoms. The van der Waals surface area contributed by atoms with Gasteiger partial charge in [0, 0.05) is 30.3 Å². The van der Waals surface area contributed by atoms with E-state index in [0.29, 0.717) is 31.6 Å². The van der Waals surface area contributed by atoms with Gasteiger partial charge in [-0.3, -0.25) is 19.1 Å². The molecule has 1 aromatic heterocycles. The summed E-state index contributed by atoms with van der Waals surface area (Å²) in [7, 11) is -3.88. The number of ether oxygens (including phenoxy) is 1. The average molecular weight is 698 g/mol. The molecule has 4 aliphatic rings. The molecule has 3 fully saturated rings. The quantitative estimate of drug-likeness (QED) is 0.274. The van der Waals surface area contributed by atoms with Crippen LogP contribution in [-0.2, 0) is 30.8 Å². The zero-order chi connectivity index (χ0) is 34.9. The molecule has 0 radical (unpaired) electrons. The van der Waals surface area contributed by atoms with E-state index in [1.807, 2.05) is 54.6 Å². The lowest BCUT2D eigenvalue weighted by Gasteiger charge is -2.29. The van der Waals surface area contributed by atoms with Crippen molar-refractivity contribution in [1.29, 1.82) is 0 Å². The molecule has 0 unspecified atom stereocenters. The van der Waals surface area contributed by atoms with Gasteiger partial charge in [-0.05, 0) is 87.3 Å². The van der Waals surface area contributed by atoms with Gasteiger partial charge in [0.25, 0.3) is 0 Å². The van der Waals surface area contributed by atoms with Crippen molar-refractivity contribution in [2.24, 2.45) is 17.3 Å². The maximum Gasteiger partial charge on any atom is 0.240 e. The van der Waals surface area contributed by atoms with E-state index in [1.165, 1.54) is 5.56 Å². The highest BCUT2D eigenvalue weighted by Crippen LogP contribution is 2.57. The second kappa shape index (κ2) is 13.9. The van der Waals surface area contributed by atoms with Crippen molar-refractivity contribution in [1.82, 2.24) is 14.6 Å². The number of aryl methyl sites for hydroxylation is 1. The second-order valence-corrected chi connectivity index (χ2v) is 17.3. The van der Waals surface area contributed by atoms with Gasteiger partial charge in [-0.1, -0.05) is 73.5 Å². The molecule has 2 aliphatic carbocycles. The highest BCUT2D eigenvalue weighted by Gasteiger charge is 2.62. The van der Waals surface area contributed by atoms with Crippen LogP contribution in [0.15, 0.2) is 79.0 Å². The van der Waals surface area contributed by atoms with Crippen molar-refractivity contribution < 1.29 is 27.5 Å². The lowest BCUT2D eigenvalue weighted by atomic mass is 9.90. The van der Waals surface area contributed by atoms with E-state index in [0.717, 1.165) is 49.3 Å². The summed E-state index contributed by atoms with van der Waals surface area (Å²) in [5, 5.41) is 1.83. The lowest BCUT2D eigenvalue weighted by molar-refractivity contribution is -0.142. The summed E-state index contributed by atoms with van der Waals surface area (Å²) in [5.74, 6) is -0.945. The number of ketones is 1. The number of carbonyl (C=O) groups excluding carboxylic acids is 3. The summed E-state index contributed by atoms with van der Waals surface area (Å²) >= 11 is 0. The molecule has 2 saturated carbocycles. The molecule has 1 N–H and O–H groups in total. The normalized spacial score (nSPS) is 28.9. The van der Waals surface area contributed by atoms with Gasteiger partial charge in [0.2, 0.25) is 27.7 Å². The zero-order valence-corrected chi connectivity index (χ0v) is 29.6. The fourth-order valence-corrected chi connectivity index (χ4v) is 9.16. The van der Waals surface area contributed by atoms with Crippen LogP contribution >= 0.6 is 0 Å². The maximum absolute atomic E-state index is 14.6. The van der Waals surface area contributed by atoms with Crippen LogP contribution < -0.4 is 9.46 Å². The molecule has 3 aromatic rings. The first-order valence-electron chi connectivity index (χ1n) is 18.2. The van der Waals surface area contributed by atoms with Gasteiger partial charge in [0.1, 0.15) is 6.10 Å². The number of fused-ring (bicyclic) bond motifs is 3. The van der Waals surface area contributed by atoms with Crippen molar-refractivity contribution >= 4 is 38.4 Å². The van der Waals surface area contributed by atoms with E-state index in [-0.39, 0.29) is 42.9 Å². The monoisotopic (exact) mass is 697 g/mol. The first kappa shape index (κ1) is 34.4. The highest BCUT2D eigenvalue weighted by atomic mass is 32.2. The van der Waals surface area contributed by atoms with Gasteiger partial charge < -0.3 is 9.64 Å². The minimum Gasteiger partial charge on any atom is -0.472 e. The van der Waals surface area contributed by atoms with E-state index in [1.54, 1.807) is 18.0 Å². The lowest BCUT2D eigenvalue weighted by Crippen LogP contribution is -2.47. The molecular formula is C40H47N3O6S. The third kappa shape index (κ3) is 7.09. The maximum atomic E-state index is 14.6. The first-order valence-corrected chi connectivity index (χ1v) is 19.7. The van der Waals surface area contributed by atoms with Gasteiger partial charge in [-0.25, -0.2) is 13.4 Å². The Bertz CT molecular complexity index is 1890. The molecule has 7 rings (SSSR count). The highest BCUT2D eigenvalue weighted by molar-refractivity contribution is 7.91. The van der Waals surface area contributed by atoms with E-state index < -0.39 is 38.2 Å². The number of rotatable bonds is 8. The summed E-state index contributed by atoms with van der Waals surface area (Å²) in [5.41, 5.74) is 0.00487. The number of sulfonamides is 1. The van der Waals surface area contributed by atoms with Gasteiger partial charge >= 0.3 is 0 Å². The first-order chi connectivity index (χ1) is 24.1. The SMILES string of the molecule is CC1(S(=O)(=O)NC(=O)[C@]23CC(=O)[C@@H]4C[C@@H](Oc5nccc6ccccc56)CN4C(=O)[C@@H](CCc4ccccc4)CCCCC/C=C\[C@H]2C3)CC1. The van der Waals surface area contributed by atoms with Crippen LogP contribution in [0.3, 0.4) is 0 Å². The molecule has 3 heterocycles. The number of carbonyl (C=O) groups is 3. The van der Waals surface area contributed by atoms with Crippen LogP contribution in [-0.4, -0.2) is 59.3 Å². The summed E-state index contributed by atoms with van der Waals surface area (Å²) in [6, 6.07) is 19.1. The third-order valence-electron chi connectivity index (χ3n) is 11.5. The number of benzene rings is 2. The molecule has 50 heavy (non-hydrogen) atoms. The Kier molecular flexibility index (Phi) is 9.58. The Balaban J connectivity index is 1.18. The largest absolute Gasteiger partial charge is 0.472 e. The molecule has 2 aromatic carbocycles. The number of amides is 2. The molecule has 9 nitrogen and oxygen atoms in total. The van der Waals surface area contributed by atoms with Crippen LogP contribution in [0, 0.1) is 17.3 Å². The molecular weight excluding hydrogens is 651 g/mol. The fraction of sp³-hybridized carbons (Fsp3) is 0.500. The predicted octanol–water partition coefficient (Wildman–Crippen LogP) is 6.32. The molecule has 264 valence electrons. The second-order valence-electron chi connectivity index (χ2n) is 15.1. The number of Topliss-reactive ketones (excluding diaryl/α,β-unsaturated/α-hetero) is 1. The summed E-state index contributed by atoms with van der Waals surface area (Å²) in [6.07, 6.45) is 12.6. The van der Waals surface area contributed by atoms with Crippen molar-refractivity contribution in [3.8, 4) is 5.88 Å². The third-order valence-corrected chi connectivity index (χ3v) is 13.7. The van der Waals surface area contributed by atoms with E-state index in [9.17, 15) is 22.8 Å². The van der Waals surface area contributed by atoms with E-state index >= 15 is 0 Å². The van der Waals surface area contributed by atoms with Gasteiger partial charge in [-0.15, -0.1) is 0 Å². The average Bonchev–Trinajstić information content (AvgIpc) is 3.99. The number of allylic oxidation sites excluding steroid dienone is 2. The molecule has 0 bridgehead atoms. The Morgan fingerprint density at radius 3 is 2.60 bits per heavy atom. The molecule has 5 atom stereocenters. The van der Waals surface area contributed by atoms with Crippen LogP contribution in [0.2, 0.25) is 0 Å². The predicted molar refractivity (Wildman–Crippen MR) is 192 cm³/mol. The van der Waals surface area contributed by atoms with Crippen LogP contribution in [0.25, 0.3) is 10.8 Å².